The molecule has 0 saturated carbocycles. The Morgan fingerprint density at radius 1 is 0.962 bits per heavy atom. The fraction of sp³-hybridized carbons (Fsp3) is 0.182. The van der Waals surface area contributed by atoms with Crippen molar-refractivity contribution < 1.29 is 14.3 Å². The summed E-state index contributed by atoms with van der Waals surface area (Å²) in [5.74, 6) is -0.585. The quantitative estimate of drug-likeness (QED) is 0.501. The molecule has 0 heterocycles. The summed E-state index contributed by atoms with van der Waals surface area (Å²) in [7, 11) is 0. The molecule has 0 aliphatic carbocycles. The number of unbranched alkanes of at least 4 members (excludes halogenated alkanes) is 1. The van der Waals surface area contributed by atoms with Gasteiger partial charge < -0.3 is 10.1 Å². The van der Waals surface area contributed by atoms with Gasteiger partial charge in [-0.3, -0.25) is 4.79 Å². The van der Waals surface area contributed by atoms with Gasteiger partial charge in [0.25, 0.3) is 5.91 Å². The Morgan fingerprint density at radius 2 is 1.73 bits per heavy atom. The highest BCUT2D eigenvalue weighted by Crippen LogP contribution is 2.20. The summed E-state index contributed by atoms with van der Waals surface area (Å²) in [6.07, 6.45) is 1.80. The molecule has 0 unspecified atom stereocenters. The van der Waals surface area contributed by atoms with Crippen molar-refractivity contribution in [3.63, 3.8) is 0 Å². The highest BCUT2D eigenvalue weighted by Gasteiger charge is 2.12. The van der Waals surface area contributed by atoms with Gasteiger partial charge in [0, 0.05) is 11.3 Å². The Hall–Kier alpha value is -3.14. The number of carbonyl (C=O) groups excluding carboxylic acids is 2. The molecule has 0 aliphatic heterocycles. The first kappa shape index (κ1) is 17.7. The third-order valence-electron chi connectivity index (χ3n) is 4.12. The summed E-state index contributed by atoms with van der Waals surface area (Å²) < 4.78 is 5.22. The van der Waals surface area contributed by atoms with Gasteiger partial charge in [0.15, 0.2) is 0 Å². The number of esters is 1. The average molecular weight is 347 g/mol. The number of nitrogens with one attached hydrogen (secondary N) is 1. The number of amides is 1. The van der Waals surface area contributed by atoms with E-state index in [2.05, 4.69) is 5.32 Å². The lowest BCUT2D eigenvalue weighted by Crippen LogP contribution is -2.13. The minimum Gasteiger partial charge on any atom is -0.462 e. The minimum absolute atomic E-state index is 0.210. The first-order valence-corrected chi connectivity index (χ1v) is 8.75. The summed E-state index contributed by atoms with van der Waals surface area (Å²) >= 11 is 0. The molecule has 4 nitrogen and oxygen atoms in total. The van der Waals surface area contributed by atoms with Gasteiger partial charge in [0.2, 0.25) is 0 Å². The Balaban J connectivity index is 1.77. The molecule has 4 heteroatoms. The van der Waals surface area contributed by atoms with Crippen LogP contribution in [0, 0.1) is 0 Å². The first-order valence-electron chi connectivity index (χ1n) is 8.75. The standard InChI is InChI=1S/C22H21NO3/c1-2-3-14-26-22(25)17-10-6-11-18(15-17)23-21(24)20-13-7-9-16-8-4-5-12-19(16)20/h4-13,15H,2-3,14H2,1H3,(H,23,24). The zero-order valence-corrected chi connectivity index (χ0v) is 14.7. The van der Waals surface area contributed by atoms with Crippen molar-refractivity contribution in [1.82, 2.24) is 0 Å². The van der Waals surface area contributed by atoms with Crippen molar-refractivity contribution in [3.05, 3.63) is 77.9 Å². The van der Waals surface area contributed by atoms with Crippen LogP contribution in [0.5, 0.6) is 0 Å². The van der Waals surface area contributed by atoms with E-state index in [1.54, 1.807) is 30.3 Å². The second-order valence-corrected chi connectivity index (χ2v) is 6.05. The molecular formula is C22H21NO3. The van der Waals surface area contributed by atoms with Crippen LogP contribution in [0.15, 0.2) is 66.7 Å². The summed E-state index contributed by atoms with van der Waals surface area (Å²) in [4.78, 5) is 24.8. The van der Waals surface area contributed by atoms with Crippen LogP contribution in [0.4, 0.5) is 5.69 Å². The third kappa shape index (κ3) is 4.09. The molecule has 132 valence electrons. The highest BCUT2D eigenvalue weighted by atomic mass is 16.5. The van der Waals surface area contributed by atoms with Gasteiger partial charge in [-0.15, -0.1) is 0 Å². The molecule has 0 aliphatic rings. The second-order valence-electron chi connectivity index (χ2n) is 6.05. The maximum absolute atomic E-state index is 12.7. The van der Waals surface area contributed by atoms with E-state index in [4.69, 9.17) is 4.74 Å². The lowest BCUT2D eigenvalue weighted by molar-refractivity contribution is 0.0499. The van der Waals surface area contributed by atoms with Crippen LogP contribution >= 0.6 is 0 Å². The number of hydrogen-bond acceptors (Lipinski definition) is 3. The second kappa shape index (κ2) is 8.30. The Labute approximate surface area is 152 Å². The van der Waals surface area contributed by atoms with E-state index < -0.39 is 0 Å². The number of benzene rings is 3. The van der Waals surface area contributed by atoms with Gasteiger partial charge in [-0.05, 0) is 41.5 Å². The Bertz CT molecular complexity index is 928. The summed E-state index contributed by atoms with van der Waals surface area (Å²) in [5, 5.41) is 4.77. The minimum atomic E-state index is -0.375. The number of rotatable bonds is 6. The smallest absolute Gasteiger partial charge is 0.338 e. The molecule has 0 bridgehead atoms. The number of hydrogen-bond donors (Lipinski definition) is 1. The van der Waals surface area contributed by atoms with Crippen molar-refractivity contribution in [2.75, 3.05) is 11.9 Å². The maximum atomic E-state index is 12.7. The molecule has 0 spiro atoms. The lowest BCUT2D eigenvalue weighted by Gasteiger charge is -2.09. The largest absolute Gasteiger partial charge is 0.462 e. The number of anilines is 1. The molecule has 3 rings (SSSR count). The highest BCUT2D eigenvalue weighted by molar-refractivity contribution is 6.13. The van der Waals surface area contributed by atoms with Gasteiger partial charge in [-0.1, -0.05) is 55.8 Å². The SMILES string of the molecule is CCCCOC(=O)c1cccc(NC(=O)c2cccc3ccccc23)c1. The predicted octanol–water partition coefficient (Wildman–Crippen LogP) is 5.05. The monoisotopic (exact) mass is 347 g/mol. The van der Waals surface area contributed by atoms with Gasteiger partial charge in [-0.2, -0.15) is 0 Å². The van der Waals surface area contributed by atoms with Crippen molar-refractivity contribution in [2.45, 2.75) is 19.8 Å². The van der Waals surface area contributed by atoms with Gasteiger partial charge in [-0.25, -0.2) is 4.79 Å². The molecule has 0 fully saturated rings. The van der Waals surface area contributed by atoms with E-state index in [1.807, 2.05) is 43.3 Å². The molecule has 0 saturated heterocycles. The van der Waals surface area contributed by atoms with E-state index in [-0.39, 0.29) is 11.9 Å². The van der Waals surface area contributed by atoms with Crippen molar-refractivity contribution in [1.29, 1.82) is 0 Å². The molecular weight excluding hydrogens is 326 g/mol. The van der Waals surface area contributed by atoms with Crippen LogP contribution in [0.1, 0.15) is 40.5 Å². The van der Waals surface area contributed by atoms with E-state index in [0.717, 1.165) is 23.6 Å². The predicted molar refractivity (Wildman–Crippen MR) is 104 cm³/mol. The topological polar surface area (TPSA) is 55.4 Å². The molecule has 0 atom stereocenters. The van der Waals surface area contributed by atoms with Crippen molar-refractivity contribution in [3.8, 4) is 0 Å². The first-order chi connectivity index (χ1) is 12.7. The lowest BCUT2D eigenvalue weighted by atomic mass is 10.0. The van der Waals surface area contributed by atoms with Crippen LogP contribution in [0.2, 0.25) is 0 Å². The molecule has 26 heavy (non-hydrogen) atoms. The molecule has 3 aromatic carbocycles. The molecule has 0 aromatic heterocycles. The van der Waals surface area contributed by atoms with Crippen molar-refractivity contribution >= 4 is 28.3 Å². The molecule has 3 aromatic rings. The van der Waals surface area contributed by atoms with Gasteiger partial charge in [0.05, 0.1) is 12.2 Å². The normalized spacial score (nSPS) is 10.5. The zero-order valence-electron chi connectivity index (χ0n) is 14.7. The number of carbonyl (C=O) groups is 2. The zero-order chi connectivity index (χ0) is 18.4. The Morgan fingerprint density at radius 3 is 2.58 bits per heavy atom. The third-order valence-corrected chi connectivity index (χ3v) is 4.12. The summed E-state index contributed by atoms with van der Waals surface area (Å²) in [5.41, 5.74) is 1.59. The molecule has 1 N–H and O–H groups in total. The van der Waals surface area contributed by atoms with Crippen LogP contribution in [0.3, 0.4) is 0 Å². The maximum Gasteiger partial charge on any atom is 0.338 e. The average Bonchev–Trinajstić information content (AvgIpc) is 2.68. The fourth-order valence-corrected chi connectivity index (χ4v) is 2.74. The molecule has 1 amide bonds. The van der Waals surface area contributed by atoms with Crippen LogP contribution in [-0.4, -0.2) is 18.5 Å². The Kier molecular flexibility index (Phi) is 5.64. The van der Waals surface area contributed by atoms with E-state index >= 15 is 0 Å². The van der Waals surface area contributed by atoms with Crippen LogP contribution in [-0.2, 0) is 4.74 Å². The fourth-order valence-electron chi connectivity index (χ4n) is 2.74. The van der Waals surface area contributed by atoms with E-state index in [1.165, 1.54) is 0 Å². The van der Waals surface area contributed by atoms with Crippen LogP contribution in [0.25, 0.3) is 10.8 Å². The van der Waals surface area contributed by atoms with Crippen LogP contribution < -0.4 is 5.32 Å². The van der Waals surface area contributed by atoms with Gasteiger partial charge >= 0.3 is 5.97 Å². The summed E-state index contributed by atoms with van der Waals surface area (Å²) in [6.45, 7) is 2.44. The van der Waals surface area contributed by atoms with Gasteiger partial charge in [0.1, 0.15) is 0 Å². The number of ether oxygens (including phenoxy) is 1. The molecule has 0 radical (unpaired) electrons. The van der Waals surface area contributed by atoms with E-state index in [0.29, 0.717) is 23.4 Å². The summed E-state index contributed by atoms with van der Waals surface area (Å²) in [6, 6.07) is 20.2. The number of fused-ring (bicyclic) bond motifs is 1. The van der Waals surface area contributed by atoms with Crippen molar-refractivity contribution in [2.24, 2.45) is 0 Å². The van der Waals surface area contributed by atoms with E-state index in [9.17, 15) is 9.59 Å².